The molecule has 170 valence electrons. The lowest BCUT2D eigenvalue weighted by Gasteiger charge is -2.13. The molecule has 0 heterocycles. The SMILES string of the molecule is CCOc1cc(CCCNC(=NC)NCCCS(=O)(=O)c2ccccc2)ccc1OC. The average Bonchev–Trinajstić information content (AvgIpc) is 2.79. The Morgan fingerprint density at radius 2 is 1.71 bits per heavy atom. The summed E-state index contributed by atoms with van der Waals surface area (Å²) in [4.78, 5) is 4.56. The van der Waals surface area contributed by atoms with E-state index in [9.17, 15) is 8.42 Å². The van der Waals surface area contributed by atoms with E-state index in [4.69, 9.17) is 9.47 Å². The number of ether oxygens (including phenoxy) is 2. The molecule has 0 saturated heterocycles. The quantitative estimate of drug-likeness (QED) is 0.295. The summed E-state index contributed by atoms with van der Waals surface area (Å²) in [5, 5.41) is 6.44. The Balaban J connectivity index is 1.70. The van der Waals surface area contributed by atoms with Crippen LogP contribution in [0.25, 0.3) is 0 Å². The summed E-state index contributed by atoms with van der Waals surface area (Å²) in [6.07, 6.45) is 2.31. The van der Waals surface area contributed by atoms with Gasteiger partial charge in [-0.3, -0.25) is 4.99 Å². The van der Waals surface area contributed by atoms with E-state index in [-0.39, 0.29) is 5.75 Å². The van der Waals surface area contributed by atoms with E-state index >= 15 is 0 Å². The van der Waals surface area contributed by atoms with Gasteiger partial charge in [-0.2, -0.15) is 0 Å². The summed E-state index contributed by atoms with van der Waals surface area (Å²) >= 11 is 0. The van der Waals surface area contributed by atoms with Crippen LogP contribution in [0.3, 0.4) is 0 Å². The highest BCUT2D eigenvalue weighted by atomic mass is 32.2. The van der Waals surface area contributed by atoms with Crippen LogP contribution in [0.15, 0.2) is 58.4 Å². The Labute approximate surface area is 185 Å². The maximum atomic E-state index is 12.3. The van der Waals surface area contributed by atoms with Crippen molar-refractivity contribution in [3.05, 3.63) is 54.1 Å². The molecular weight excluding hydrogens is 414 g/mol. The van der Waals surface area contributed by atoms with Crippen LogP contribution in [0.2, 0.25) is 0 Å². The van der Waals surface area contributed by atoms with Crippen LogP contribution < -0.4 is 20.1 Å². The number of methoxy groups -OCH3 is 1. The van der Waals surface area contributed by atoms with E-state index in [1.54, 1.807) is 38.4 Å². The normalized spacial score (nSPS) is 11.8. The van der Waals surface area contributed by atoms with Crippen LogP contribution in [0.4, 0.5) is 0 Å². The van der Waals surface area contributed by atoms with Gasteiger partial charge in [0.2, 0.25) is 0 Å². The molecule has 0 spiro atoms. The number of sulfone groups is 1. The van der Waals surface area contributed by atoms with Gasteiger partial charge in [0.1, 0.15) is 0 Å². The van der Waals surface area contributed by atoms with Crippen LogP contribution in [0, 0.1) is 0 Å². The molecule has 0 aromatic heterocycles. The predicted octanol–water partition coefficient (Wildman–Crippen LogP) is 3.06. The Morgan fingerprint density at radius 3 is 2.35 bits per heavy atom. The minimum Gasteiger partial charge on any atom is -0.493 e. The van der Waals surface area contributed by atoms with Crippen LogP contribution in [0.1, 0.15) is 25.3 Å². The van der Waals surface area contributed by atoms with E-state index in [2.05, 4.69) is 15.6 Å². The van der Waals surface area contributed by atoms with Crippen molar-refractivity contribution in [1.82, 2.24) is 10.6 Å². The van der Waals surface area contributed by atoms with Gasteiger partial charge in [-0.1, -0.05) is 24.3 Å². The molecule has 2 N–H and O–H groups in total. The summed E-state index contributed by atoms with van der Waals surface area (Å²) in [7, 11) is 0.0895. The molecule has 0 radical (unpaired) electrons. The van der Waals surface area contributed by atoms with Crippen molar-refractivity contribution in [1.29, 1.82) is 0 Å². The van der Waals surface area contributed by atoms with Crippen molar-refractivity contribution in [3.63, 3.8) is 0 Å². The first-order valence-electron chi connectivity index (χ1n) is 10.5. The highest BCUT2D eigenvalue weighted by Crippen LogP contribution is 2.28. The van der Waals surface area contributed by atoms with Gasteiger partial charge in [-0.25, -0.2) is 8.42 Å². The largest absolute Gasteiger partial charge is 0.493 e. The molecule has 0 amide bonds. The zero-order chi connectivity index (χ0) is 22.5. The number of nitrogens with one attached hydrogen (secondary N) is 2. The fraction of sp³-hybridized carbons (Fsp3) is 0.435. The monoisotopic (exact) mass is 447 g/mol. The maximum Gasteiger partial charge on any atom is 0.190 e. The summed E-state index contributed by atoms with van der Waals surface area (Å²) < 4.78 is 35.6. The predicted molar refractivity (Wildman–Crippen MR) is 125 cm³/mol. The van der Waals surface area contributed by atoms with Gasteiger partial charge in [0.05, 0.1) is 24.4 Å². The zero-order valence-corrected chi connectivity index (χ0v) is 19.4. The fourth-order valence-corrected chi connectivity index (χ4v) is 4.41. The Bertz CT molecular complexity index is 931. The fourth-order valence-electron chi connectivity index (χ4n) is 3.08. The van der Waals surface area contributed by atoms with Crippen molar-refractivity contribution < 1.29 is 17.9 Å². The highest BCUT2D eigenvalue weighted by Gasteiger charge is 2.13. The first-order chi connectivity index (χ1) is 15.0. The Morgan fingerprint density at radius 1 is 1.00 bits per heavy atom. The first-order valence-corrected chi connectivity index (χ1v) is 12.2. The molecule has 0 bridgehead atoms. The minimum absolute atomic E-state index is 0.0979. The molecule has 0 fully saturated rings. The number of hydrogen-bond acceptors (Lipinski definition) is 5. The van der Waals surface area contributed by atoms with E-state index in [1.165, 1.54) is 5.56 Å². The van der Waals surface area contributed by atoms with Gasteiger partial charge in [-0.05, 0) is 56.0 Å². The summed E-state index contributed by atoms with van der Waals surface area (Å²) in [5.41, 5.74) is 1.18. The van der Waals surface area contributed by atoms with Crippen LogP contribution in [-0.2, 0) is 16.3 Å². The number of guanidine groups is 1. The molecule has 7 nitrogen and oxygen atoms in total. The van der Waals surface area contributed by atoms with Gasteiger partial charge < -0.3 is 20.1 Å². The van der Waals surface area contributed by atoms with Gasteiger partial charge >= 0.3 is 0 Å². The number of rotatable bonds is 12. The Kier molecular flexibility index (Phi) is 10.2. The topological polar surface area (TPSA) is 89.0 Å². The average molecular weight is 448 g/mol. The Hall–Kier alpha value is -2.74. The summed E-state index contributed by atoms with van der Waals surface area (Å²) in [6.45, 7) is 3.82. The third kappa shape index (κ3) is 8.13. The lowest BCUT2D eigenvalue weighted by Crippen LogP contribution is -2.38. The van der Waals surface area contributed by atoms with E-state index < -0.39 is 9.84 Å². The van der Waals surface area contributed by atoms with Crippen molar-refractivity contribution in [2.24, 2.45) is 4.99 Å². The molecule has 2 aromatic carbocycles. The first kappa shape index (κ1) is 24.5. The molecule has 31 heavy (non-hydrogen) atoms. The highest BCUT2D eigenvalue weighted by molar-refractivity contribution is 7.91. The summed E-state index contributed by atoms with van der Waals surface area (Å²) in [6, 6.07) is 14.5. The molecule has 0 atom stereocenters. The van der Waals surface area contributed by atoms with Gasteiger partial charge in [0.15, 0.2) is 27.3 Å². The zero-order valence-electron chi connectivity index (χ0n) is 18.6. The van der Waals surface area contributed by atoms with Crippen LogP contribution >= 0.6 is 0 Å². The van der Waals surface area contributed by atoms with Gasteiger partial charge in [-0.15, -0.1) is 0 Å². The molecule has 0 aliphatic heterocycles. The number of aliphatic imine (C=N–C) groups is 1. The number of hydrogen-bond donors (Lipinski definition) is 2. The molecule has 2 aromatic rings. The van der Waals surface area contributed by atoms with Gasteiger partial charge in [0, 0.05) is 20.1 Å². The third-order valence-corrected chi connectivity index (χ3v) is 6.49. The number of nitrogens with zero attached hydrogens (tertiary/aromatic N) is 1. The molecule has 0 unspecified atom stereocenters. The molecule has 0 aliphatic carbocycles. The van der Waals surface area contributed by atoms with E-state index in [0.29, 0.717) is 30.4 Å². The second-order valence-corrected chi connectivity index (χ2v) is 9.04. The standard InChI is InChI=1S/C23H33N3O4S/c1-4-30-22-18-19(13-14-21(22)29-3)10-8-15-25-23(24-2)26-16-9-17-31(27,28)20-11-6-5-7-12-20/h5-7,11-14,18H,4,8-10,15-17H2,1-3H3,(H2,24,25,26). The van der Waals surface area contributed by atoms with Crippen LogP contribution in [0.5, 0.6) is 11.5 Å². The van der Waals surface area contributed by atoms with Crippen molar-refractivity contribution >= 4 is 15.8 Å². The molecule has 0 aliphatic rings. The van der Waals surface area contributed by atoms with Gasteiger partial charge in [0.25, 0.3) is 0 Å². The van der Waals surface area contributed by atoms with E-state index in [0.717, 1.165) is 30.9 Å². The number of aryl methyl sites for hydroxylation is 1. The smallest absolute Gasteiger partial charge is 0.190 e. The molecule has 0 saturated carbocycles. The van der Waals surface area contributed by atoms with Crippen LogP contribution in [-0.4, -0.2) is 54.0 Å². The maximum absolute atomic E-state index is 12.3. The number of benzene rings is 2. The second-order valence-electron chi connectivity index (χ2n) is 6.93. The molecular formula is C23H33N3O4S. The lowest BCUT2D eigenvalue weighted by molar-refractivity contribution is 0.310. The van der Waals surface area contributed by atoms with Crippen molar-refractivity contribution in [3.8, 4) is 11.5 Å². The third-order valence-electron chi connectivity index (χ3n) is 4.67. The summed E-state index contributed by atoms with van der Waals surface area (Å²) in [5.74, 6) is 2.27. The van der Waals surface area contributed by atoms with Crippen molar-refractivity contribution in [2.75, 3.05) is 39.6 Å². The second kappa shape index (κ2) is 12.8. The van der Waals surface area contributed by atoms with Crippen molar-refractivity contribution in [2.45, 2.75) is 31.1 Å². The molecule has 8 heteroatoms. The lowest BCUT2D eigenvalue weighted by atomic mass is 10.1. The van der Waals surface area contributed by atoms with E-state index in [1.807, 2.05) is 31.2 Å². The minimum atomic E-state index is -3.25. The molecule has 2 rings (SSSR count).